The third kappa shape index (κ3) is 3.27. The summed E-state index contributed by atoms with van der Waals surface area (Å²) in [7, 11) is 2.03. The van der Waals surface area contributed by atoms with Crippen molar-refractivity contribution in [2.75, 3.05) is 37.8 Å². The first-order valence-electron chi connectivity index (χ1n) is 6.78. The lowest BCUT2D eigenvalue weighted by molar-refractivity contribution is 0.0529. The van der Waals surface area contributed by atoms with Gasteiger partial charge in [0.2, 0.25) is 0 Å². The van der Waals surface area contributed by atoms with Crippen molar-refractivity contribution in [3.05, 3.63) is 10.4 Å². The van der Waals surface area contributed by atoms with Crippen molar-refractivity contribution in [2.45, 2.75) is 19.4 Å². The fraction of sp³-hybridized carbons (Fsp3) is 0.538. The van der Waals surface area contributed by atoms with Crippen LogP contribution in [0.4, 0.5) is 10.7 Å². The van der Waals surface area contributed by atoms with Crippen LogP contribution >= 0.6 is 11.3 Å². The number of anilines is 2. The number of nitrogens with zero attached hydrogens (tertiary/aromatic N) is 1. The quantitative estimate of drug-likeness (QED) is 0.691. The Labute approximate surface area is 127 Å². The molecule has 0 bridgehead atoms. The molecule has 21 heavy (non-hydrogen) atoms. The van der Waals surface area contributed by atoms with E-state index in [9.17, 15) is 9.59 Å². The van der Waals surface area contributed by atoms with Crippen molar-refractivity contribution in [1.82, 2.24) is 4.90 Å². The number of nitrogen functional groups attached to an aromatic ring is 1. The SMILES string of the molecule is CCOC(=O)c1c(NC2CCN(C)C2)sc(C(N)=O)c1N. The third-order valence-corrected chi connectivity index (χ3v) is 4.53. The van der Waals surface area contributed by atoms with E-state index in [1.807, 2.05) is 7.05 Å². The smallest absolute Gasteiger partial charge is 0.343 e. The second kappa shape index (κ2) is 6.31. The van der Waals surface area contributed by atoms with Crippen LogP contribution in [0, 0.1) is 0 Å². The molecule has 5 N–H and O–H groups in total. The van der Waals surface area contributed by atoms with Crippen LogP contribution in [0.2, 0.25) is 0 Å². The minimum Gasteiger partial charge on any atom is -0.462 e. The predicted octanol–water partition coefficient (Wildman–Crippen LogP) is 0.722. The molecule has 2 rings (SSSR count). The molecule has 0 radical (unpaired) electrons. The number of carbonyl (C=O) groups is 2. The van der Waals surface area contributed by atoms with Crippen LogP contribution in [-0.2, 0) is 4.74 Å². The number of esters is 1. The Hall–Kier alpha value is -1.80. The molecule has 1 fully saturated rings. The number of carbonyl (C=O) groups excluding carboxylic acids is 2. The van der Waals surface area contributed by atoms with Gasteiger partial charge in [0.1, 0.15) is 15.4 Å². The van der Waals surface area contributed by atoms with Gasteiger partial charge in [0.05, 0.1) is 12.3 Å². The van der Waals surface area contributed by atoms with E-state index in [1.54, 1.807) is 6.92 Å². The zero-order chi connectivity index (χ0) is 15.6. The molecule has 1 unspecified atom stereocenters. The van der Waals surface area contributed by atoms with Crippen molar-refractivity contribution in [1.29, 1.82) is 0 Å². The number of ether oxygens (including phenoxy) is 1. The van der Waals surface area contributed by atoms with Crippen molar-refractivity contribution >= 4 is 33.9 Å². The summed E-state index contributed by atoms with van der Waals surface area (Å²) in [4.78, 5) is 25.9. The number of thiophene rings is 1. The van der Waals surface area contributed by atoms with E-state index in [0.717, 1.165) is 30.8 Å². The van der Waals surface area contributed by atoms with Crippen molar-refractivity contribution in [2.24, 2.45) is 5.73 Å². The number of rotatable bonds is 5. The Kier molecular flexibility index (Phi) is 4.69. The minimum atomic E-state index is -0.639. The third-order valence-electron chi connectivity index (χ3n) is 3.38. The van der Waals surface area contributed by atoms with E-state index < -0.39 is 11.9 Å². The first-order valence-corrected chi connectivity index (χ1v) is 7.60. The number of hydrogen-bond donors (Lipinski definition) is 3. The second-order valence-electron chi connectivity index (χ2n) is 5.03. The summed E-state index contributed by atoms with van der Waals surface area (Å²) in [5, 5.41) is 3.84. The van der Waals surface area contributed by atoms with E-state index >= 15 is 0 Å². The molecular formula is C13H20N4O3S. The highest BCUT2D eigenvalue weighted by Crippen LogP contribution is 2.37. The van der Waals surface area contributed by atoms with Gasteiger partial charge in [0.25, 0.3) is 5.91 Å². The summed E-state index contributed by atoms with van der Waals surface area (Å²) < 4.78 is 5.01. The lowest BCUT2D eigenvalue weighted by Gasteiger charge is -2.14. The highest BCUT2D eigenvalue weighted by atomic mass is 32.1. The Morgan fingerprint density at radius 1 is 1.52 bits per heavy atom. The summed E-state index contributed by atoms with van der Waals surface area (Å²) in [6.07, 6.45) is 0.961. The monoisotopic (exact) mass is 312 g/mol. The first kappa shape index (κ1) is 15.6. The number of primary amides is 1. The molecule has 1 aromatic rings. The molecule has 0 saturated carbocycles. The van der Waals surface area contributed by atoms with Gasteiger partial charge in [0, 0.05) is 12.6 Å². The zero-order valence-electron chi connectivity index (χ0n) is 12.1. The highest BCUT2D eigenvalue weighted by molar-refractivity contribution is 7.19. The van der Waals surface area contributed by atoms with Gasteiger partial charge in [-0.1, -0.05) is 0 Å². The van der Waals surface area contributed by atoms with E-state index in [2.05, 4.69) is 10.2 Å². The number of likely N-dealkylation sites (tertiary alicyclic amines) is 1. The number of hydrogen-bond acceptors (Lipinski definition) is 7. The molecule has 1 saturated heterocycles. The molecule has 0 aromatic carbocycles. The van der Waals surface area contributed by atoms with Crippen LogP contribution in [0.5, 0.6) is 0 Å². The van der Waals surface area contributed by atoms with Crippen LogP contribution in [0.25, 0.3) is 0 Å². The molecule has 1 amide bonds. The van der Waals surface area contributed by atoms with E-state index in [0.29, 0.717) is 5.00 Å². The topological polar surface area (TPSA) is 111 Å². The Morgan fingerprint density at radius 2 is 2.24 bits per heavy atom. The molecule has 0 aliphatic carbocycles. The van der Waals surface area contributed by atoms with E-state index in [-0.39, 0.29) is 28.8 Å². The van der Waals surface area contributed by atoms with Crippen LogP contribution in [0.15, 0.2) is 0 Å². The molecule has 8 heteroatoms. The molecule has 0 spiro atoms. The normalized spacial score (nSPS) is 18.7. The number of nitrogens with one attached hydrogen (secondary N) is 1. The van der Waals surface area contributed by atoms with Crippen LogP contribution in [0.3, 0.4) is 0 Å². The summed E-state index contributed by atoms with van der Waals surface area (Å²) in [5.41, 5.74) is 11.5. The Morgan fingerprint density at radius 3 is 2.76 bits per heavy atom. The fourth-order valence-electron chi connectivity index (χ4n) is 2.37. The molecule has 1 aliphatic heterocycles. The maximum Gasteiger partial charge on any atom is 0.343 e. The molecule has 116 valence electrons. The van der Waals surface area contributed by atoms with E-state index in [1.165, 1.54) is 0 Å². The maximum absolute atomic E-state index is 12.1. The molecule has 1 aromatic heterocycles. The van der Waals surface area contributed by atoms with Gasteiger partial charge in [-0.2, -0.15) is 0 Å². The van der Waals surface area contributed by atoms with Crippen molar-refractivity contribution in [3.63, 3.8) is 0 Å². The summed E-state index contributed by atoms with van der Waals surface area (Å²) >= 11 is 1.11. The van der Waals surface area contributed by atoms with Gasteiger partial charge in [-0.25, -0.2) is 4.79 Å². The van der Waals surface area contributed by atoms with Gasteiger partial charge >= 0.3 is 5.97 Å². The molecule has 2 heterocycles. The van der Waals surface area contributed by atoms with Crippen LogP contribution in [-0.4, -0.2) is 49.6 Å². The van der Waals surface area contributed by atoms with Gasteiger partial charge < -0.3 is 26.4 Å². The number of likely N-dealkylation sites (N-methyl/N-ethyl adjacent to an activating group) is 1. The fourth-order valence-corrected chi connectivity index (χ4v) is 3.41. The highest BCUT2D eigenvalue weighted by Gasteiger charge is 2.28. The van der Waals surface area contributed by atoms with Gasteiger partial charge in [-0.3, -0.25) is 4.79 Å². The van der Waals surface area contributed by atoms with Crippen molar-refractivity contribution < 1.29 is 14.3 Å². The standard InChI is InChI=1S/C13H20N4O3S/c1-3-20-13(19)8-9(14)10(11(15)18)21-12(8)16-7-4-5-17(2)6-7/h7,16H,3-6,14H2,1-2H3,(H2,15,18). The lowest BCUT2D eigenvalue weighted by atomic mass is 10.2. The van der Waals surface area contributed by atoms with Crippen molar-refractivity contribution in [3.8, 4) is 0 Å². The average Bonchev–Trinajstić information content (AvgIpc) is 2.94. The Balaban J connectivity index is 2.31. The van der Waals surface area contributed by atoms with Gasteiger partial charge in [0.15, 0.2) is 0 Å². The number of nitrogens with two attached hydrogens (primary N) is 2. The first-order chi connectivity index (χ1) is 9.93. The van der Waals surface area contributed by atoms with Crippen LogP contribution < -0.4 is 16.8 Å². The zero-order valence-corrected chi connectivity index (χ0v) is 13.0. The lowest BCUT2D eigenvalue weighted by Crippen LogP contribution is -2.24. The van der Waals surface area contributed by atoms with E-state index in [4.69, 9.17) is 16.2 Å². The van der Waals surface area contributed by atoms with Gasteiger partial charge in [-0.05, 0) is 26.9 Å². The Bertz CT molecular complexity index is 558. The molecule has 1 atom stereocenters. The summed E-state index contributed by atoms with van der Waals surface area (Å²) in [6, 6.07) is 0.210. The summed E-state index contributed by atoms with van der Waals surface area (Å²) in [6.45, 7) is 3.81. The average molecular weight is 312 g/mol. The molecule has 1 aliphatic rings. The maximum atomic E-state index is 12.1. The minimum absolute atomic E-state index is 0.0970. The second-order valence-corrected chi connectivity index (χ2v) is 6.05. The van der Waals surface area contributed by atoms with Gasteiger partial charge in [-0.15, -0.1) is 11.3 Å². The molecular weight excluding hydrogens is 292 g/mol. The van der Waals surface area contributed by atoms with Crippen LogP contribution in [0.1, 0.15) is 33.4 Å². The molecule has 7 nitrogen and oxygen atoms in total. The largest absolute Gasteiger partial charge is 0.462 e. The number of amides is 1. The summed E-state index contributed by atoms with van der Waals surface area (Å²) in [5.74, 6) is -1.17. The predicted molar refractivity (Wildman–Crippen MR) is 82.7 cm³/mol.